The highest BCUT2D eigenvalue weighted by Gasteiger charge is 2.23. The predicted octanol–water partition coefficient (Wildman–Crippen LogP) is 3.75. The monoisotopic (exact) mass is 512 g/mol. The highest BCUT2D eigenvalue weighted by molar-refractivity contribution is 6.30. The zero-order valence-corrected chi connectivity index (χ0v) is 22.1. The number of rotatable bonds is 13. The third-order valence-electron chi connectivity index (χ3n) is 6.38. The molecule has 0 saturated carbocycles. The number of halogens is 1. The summed E-state index contributed by atoms with van der Waals surface area (Å²) < 4.78 is 11.7. The fraction of sp³-hybridized carbons (Fsp3) is 0.680. The van der Waals surface area contributed by atoms with Gasteiger partial charge in [-0.2, -0.15) is 0 Å². The molecule has 35 heavy (non-hydrogen) atoms. The van der Waals surface area contributed by atoms with Crippen LogP contribution in [0.2, 0.25) is 5.02 Å². The quantitative estimate of drug-likeness (QED) is 0.372. The van der Waals surface area contributed by atoms with Gasteiger partial charge in [-0.05, 0) is 68.8 Å². The van der Waals surface area contributed by atoms with Gasteiger partial charge in [0.1, 0.15) is 0 Å². The molecule has 0 spiro atoms. The Bertz CT molecular complexity index is 806. The van der Waals surface area contributed by atoms with Crippen molar-refractivity contribution in [1.29, 1.82) is 0 Å². The van der Waals surface area contributed by atoms with E-state index in [-0.39, 0.29) is 31.3 Å². The Morgan fingerprint density at radius 1 is 1.29 bits per heavy atom. The van der Waals surface area contributed by atoms with E-state index in [0.29, 0.717) is 30.5 Å². The van der Waals surface area contributed by atoms with Crippen LogP contribution < -0.4 is 10.6 Å². The topological polar surface area (TPSA) is 103 Å². The maximum atomic E-state index is 12.9. The van der Waals surface area contributed by atoms with Gasteiger partial charge in [-0.15, -0.1) is 0 Å². The first kappa shape index (κ1) is 29.2. The van der Waals surface area contributed by atoms with Crippen LogP contribution >= 0.6 is 11.6 Å². The molecule has 3 N–H and O–H groups in total. The number of hydrogen-bond donors (Lipinski definition) is 3. The van der Waals surface area contributed by atoms with E-state index >= 15 is 0 Å². The third kappa shape index (κ3) is 10.2. The number of aryl methyl sites for hydroxylation is 1. The Labute approximate surface area is 214 Å². The normalized spacial score (nSPS) is 17.5. The molecule has 1 saturated heterocycles. The van der Waals surface area contributed by atoms with Gasteiger partial charge in [0.15, 0.2) is 0 Å². The lowest BCUT2D eigenvalue weighted by Gasteiger charge is -2.29. The van der Waals surface area contributed by atoms with Crippen LogP contribution in [0.1, 0.15) is 42.9 Å². The second kappa shape index (κ2) is 15.1. The van der Waals surface area contributed by atoms with Gasteiger partial charge in [0.25, 0.3) is 0 Å². The lowest BCUT2D eigenvalue weighted by Crippen LogP contribution is -2.48. The van der Waals surface area contributed by atoms with E-state index in [1.165, 1.54) is 11.9 Å². The van der Waals surface area contributed by atoms with E-state index in [0.717, 1.165) is 43.6 Å². The van der Waals surface area contributed by atoms with E-state index in [1.54, 1.807) is 11.9 Å². The van der Waals surface area contributed by atoms with Gasteiger partial charge in [0.2, 0.25) is 0 Å². The summed E-state index contributed by atoms with van der Waals surface area (Å²) in [5.74, 6) is 0.459. The molecule has 10 heteroatoms. The molecule has 0 unspecified atom stereocenters. The summed E-state index contributed by atoms with van der Waals surface area (Å²) in [5.41, 5.74) is 1.97. The highest BCUT2D eigenvalue weighted by Crippen LogP contribution is 2.28. The Morgan fingerprint density at radius 3 is 2.71 bits per heavy atom. The van der Waals surface area contributed by atoms with Gasteiger partial charge >= 0.3 is 12.1 Å². The molecule has 0 aliphatic carbocycles. The summed E-state index contributed by atoms with van der Waals surface area (Å²) in [6, 6.07) is 5.53. The van der Waals surface area contributed by atoms with Crippen molar-refractivity contribution in [1.82, 2.24) is 20.4 Å². The molecule has 0 aromatic heterocycles. The second-order valence-electron chi connectivity index (χ2n) is 9.30. The van der Waals surface area contributed by atoms with Gasteiger partial charge in [-0.1, -0.05) is 17.7 Å². The summed E-state index contributed by atoms with van der Waals surface area (Å²) in [4.78, 5) is 26.9. The van der Waals surface area contributed by atoms with Crippen LogP contribution in [0.4, 0.5) is 9.59 Å². The average Bonchev–Trinajstić information content (AvgIpc) is 2.83. The fourth-order valence-electron chi connectivity index (χ4n) is 4.25. The van der Waals surface area contributed by atoms with Crippen molar-refractivity contribution in [3.05, 3.63) is 34.3 Å². The lowest BCUT2D eigenvalue weighted by molar-refractivity contribution is 0.0313. The van der Waals surface area contributed by atoms with Crippen molar-refractivity contribution >= 4 is 23.7 Å². The van der Waals surface area contributed by atoms with Gasteiger partial charge in [-0.3, -0.25) is 0 Å². The molecular weight excluding hydrogens is 472 g/mol. The van der Waals surface area contributed by atoms with Crippen LogP contribution in [0.25, 0.3) is 0 Å². The average molecular weight is 513 g/mol. The van der Waals surface area contributed by atoms with Gasteiger partial charge in [0.05, 0.1) is 12.7 Å². The van der Waals surface area contributed by atoms with Crippen LogP contribution in [0.3, 0.4) is 0 Å². The smallest absolute Gasteiger partial charge is 0.407 e. The summed E-state index contributed by atoms with van der Waals surface area (Å²) >= 11 is 6.24. The molecule has 2 rings (SSSR count). The Kier molecular flexibility index (Phi) is 12.6. The first-order chi connectivity index (χ1) is 16.7. The standard InChI is InChI=1S/C25H41ClN4O5/c1-18-7-8-20(26)15-22(18)23(35-13-11-30(4)25(32)33)9-10-29(3)24(31)28-21(16-27-2)14-19-6-5-12-34-17-19/h7-8,15,19,21,23,27H,5-6,9-14,16-17H2,1-4H3,(H,28,31)(H,32,33)/t19-,21+,23+/m1/s1. The van der Waals surface area contributed by atoms with Crippen LogP contribution in [0.15, 0.2) is 18.2 Å². The molecule has 1 heterocycles. The molecule has 1 fully saturated rings. The molecule has 1 aromatic carbocycles. The first-order valence-corrected chi connectivity index (χ1v) is 12.6. The number of carbonyl (C=O) groups excluding carboxylic acids is 1. The van der Waals surface area contributed by atoms with E-state index in [9.17, 15) is 9.59 Å². The predicted molar refractivity (Wildman–Crippen MR) is 137 cm³/mol. The zero-order chi connectivity index (χ0) is 25.8. The number of nitrogens with zero attached hydrogens (tertiary/aromatic N) is 2. The van der Waals surface area contributed by atoms with Crippen LogP contribution in [-0.4, -0.2) is 93.7 Å². The summed E-state index contributed by atoms with van der Waals surface area (Å²) in [6.45, 7) is 5.21. The minimum Gasteiger partial charge on any atom is -0.465 e. The van der Waals surface area contributed by atoms with E-state index in [1.807, 2.05) is 32.2 Å². The van der Waals surface area contributed by atoms with Gasteiger partial charge in [-0.25, -0.2) is 9.59 Å². The number of hydrogen-bond acceptors (Lipinski definition) is 5. The minimum atomic E-state index is -1.00. The summed E-state index contributed by atoms with van der Waals surface area (Å²) in [6.07, 6.45) is 2.30. The molecule has 3 atom stereocenters. The Hall–Kier alpha value is -2.07. The molecule has 0 radical (unpaired) electrons. The van der Waals surface area contributed by atoms with Gasteiger partial charge in [0, 0.05) is 58.0 Å². The molecular formula is C25H41ClN4O5. The number of likely N-dealkylation sites (N-methyl/N-ethyl adjacent to an activating group) is 2. The second-order valence-corrected chi connectivity index (χ2v) is 9.73. The zero-order valence-electron chi connectivity index (χ0n) is 21.4. The number of amides is 3. The van der Waals surface area contributed by atoms with Crippen LogP contribution in [0, 0.1) is 12.8 Å². The van der Waals surface area contributed by atoms with Crippen molar-refractivity contribution in [2.45, 2.75) is 44.8 Å². The van der Waals surface area contributed by atoms with E-state index in [4.69, 9.17) is 26.2 Å². The summed E-state index contributed by atoms with van der Waals surface area (Å²) in [5, 5.41) is 16.0. The van der Waals surface area contributed by atoms with Crippen molar-refractivity contribution < 1.29 is 24.2 Å². The molecule has 9 nitrogen and oxygen atoms in total. The van der Waals surface area contributed by atoms with E-state index < -0.39 is 6.09 Å². The fourth-order valence-corrected chi connectivity index (χ4v) is 4.43. The maximum absolute atomic E-state index is 12.9. The third-order valence-corrected chi connectivity index (χ3v) is 6.62. The molecule has 198 valence electrons. The maximum Gasteiger partial charge on any atom is 0.407 e. The number of nitrogens with one attached hydrogen (secondary N) is 2. The largest absolute Gasteiger partial charge is 0.465 e. The molecule has 1 aliphatic heterocycles. The number of benzene rings is 1. The van der Waals surface area contributed by atoms with Gasteiger partial charge < -0.3 is 35.0 Å². The molecule has 1 aliphatic rings. The SMILES string of the molecule is CNC[C@H](C[C@H]1CCCOC1)NC(=O)N(C)CC[C@H](OCCN(C)C(=O)O)c1cc(Cl)ccc1C. The molecule has 0 bridgehead atoms. The van der Waals surface area contributed by atoms with E-state index in [2.05, 4.69) is 10.6 Å². The number of carboxylic acid groups (broad SMARTS) is 1. The van der Waals surface area contributed by atoms with Crippen LogP contribution in [0.5, 0.6) is 0 Å². The number of ether oxygens (including phenoxy) is 2. The Morgan fingerprint density at radius 2 is 2.06 bits per heavy atom. The Balaban J connectivity index is 1.97. The van der Waals surface area contributed by atoms with Crippen molar-refractivity contribution in [3.8, 4) is 0 Å². The highest BCUT2D eigenvalue weighted by atomic mass is 35.5. The number of carbonyl (C=O) groups is 2. The molecule has 1 aromatic rings. The first-order valence-electron chi connectivity index (χ1n) is 12.3. The summed E-state index contributed by atoms with van der Waals surface area (Å²) in [7, 11) is 5.16. The van der Waals surface area contributed by atoms with Crippen LogP contribution in [-0.2, 0) is 9.47 Å². The lowest BCUT2D eigenvalue weighted by atomic mass is 9.94. The minimum absolute atomic E-state index is 0.0235. The van der Waals surface area contributed by atoms with Crippen molar-refractivity contribution in [2.75, 3.05) is 60.6 Å². The number of urea groups is 1. The van der Waals surface area contributed by atoms with Crippen molar-refractivity contribution in [2.24, 2.45) is 5.92 Å². The van der Waals surface area contributed by atoms with Crippen molar-refractivity contribution in [3.63, 3.8) is 0 Å². The molecule has 3 amide bonds.